The van der Waals surface area contributed by atoms with E-state index in [2.05, 4.69) is 6.92 Å². The minimum atomic E-state index is -0.528. The van der Waals surface area contributed by atoms with Gasteiger partial charge in [0.15, 0.2) is 11.5 Å². The Hall–Kier alpha value is -0.930. The molecule has 4 heteroatoms. The van der Waals surface area contributed by atoms with Crippen LogP contribution >= 0.6 is 11.6 Å². The molecular formula is C15H21ClO3. The van der Waals surface area contributed by atoms with Crippen LogP contribution in [0, 0.1) is 0 Å². The zero-order chi connectivity index (χ0) is 13.7. The van der Waals surface area contributed by atoms with Gasteiger partial charge in [0.1, 0.15) is 13.2 Å². The average Bonchev–Trinajstić information content (AvgIpc) is 2.42. The highest BCUT2D eigenvalue weighted by atomic mass is 35.5. The molecule has 0 aromatic heterocycles. The molecule has 0 fully saturated rings. The Morgan fingerprint density at radius 1 is 1.16 bits per heavy atom. The summed E-state index contributed by atoms with van der Waals surface area (Å²) >= 11 is 6.20. The zero-order valence-electron chi connectivity index (χ0n) is 11.3. The van der Waals surface area contributed by atoms with Crippen LogP contribution in [-0.2, 0) is 0 Å². The molecule has 0 spiro atoms. The van der Waals surface area contributed by atoms with Gasteiger partial charge in [-0.25, -0.2) is 0 Å². The Bertz CT molecular complexity index is 420. The Kier molecular flexibility index (Phi) is 5.34. The molecule has 1 atom stereocenters. The number of halogens is 1. The number of rotatable bonds is 6. The third kappa shape index (κ3) is 3.77. The lowest BCUT2D eigenvalue weighted by Gasteiger charge is -2.21. The molecule has 0 aliphatic carbocycles. The van der Waals surface area contributed by atoms with E-state index in [1.807, 2.05) is 0 Å². The van der Waals surface area contributed by atoms with Crippen LogP contribution in [0.1, 0.15) is 50.7 Å². The molecule has 1 aromatic rings. The monoisotopic (exact) mass is 284 g/mol. The Morgan fingerprint density at radius 3 is 2.53 bits per heavy atom. The second kappa shape index (κ2) is 7.01. The minimum Gasteiger partial charge on any atom is -0.486 e. The predicted molar refractivity (Wildman–Crippen MR) is 76.2 cm³/mol. The van der Waals surface area contributed by atoms with Crippen LogP contribution in [0.5, 0.6) is 11.5 Å². The summed E-state index contributed by atoms with van der Waals surface area (Å²) in [6, 6.07) is 3.54. The highest BCUT2D eigenvalue weighted by Crippen LogP contribution is 2.38. The fourth-order valence-corrected chi connectivity index (χ4v) is 2.53. The van der Waals surface area contributed by atoms with E-state index in [0.717, 1.165) is 24.8 Å². The fraction of sp³-hybridized carbons (Fsp3) is 0.600. The predicted octanol–water partition coefficient (Wildman–Crippen LogP) is 4.12. The van der Waals surface area contributed by atoms with Crippen molar-refractivity contribution in [2.24, 2.45) is 0 Å². The smallest absolute Gasteiger partial charge is 0.162 e. The molecule has 106 valence electrons. The molecule has 1 unspecified atom stereocenters. The number of fused-ring (bicyclic) bond motifs is 1. The van der Waals surface area contributed by atoms with Gasteiger partial charge in [0.05, 0.1) is 11.1 Å². The van der Waals surface area contributed by atoms with Crippen molar-refractivity contribution >= 4 is 11.6 Å². The van der Waals surface area contributed by atoms with E-state index in [-0.39, 0.29) is 0 Å². The maximum atomic E-state index is 10.2. The van der Waals surface area contributed by atoms with Crippen molar-refractivity contribution in [1.82, 2.24) is 0 Å². The van der Waals surface area contributed by atoms with Gasteiger partial charge in [-0.2, -0.15) is 0 Å². The summed E-state index contributed by atoms with van der Waals surface area (Å²) in [5.41, 5.74) is 0.738. The SMILES string of the molecule is CCCCCCC(O)c1cc2c(cc1Cl)OCCO2. The summed E-state index contributed by atoms with van der Waals surface area (Å²) < 4.78 is 11.0. The van der Waals surface area contributed by atoms with Gasteiger partial charge in [-0.3, -0.25) is 0 Å². The van der Waals surface area contributed by atoms with Crippen LogP contribution in [0.25, 0.3) is 0 Å². The molecule has 0 bridgehead atoms. The van der Waals surface area contributed by atoms with Crippen LogP contribution in [0.2, 0.25) is 5.02 Å². The Balaban J connectivity index is 2.02. The van der Waals surface area contributed by atoms with Gasteiger partial charge in [0.2, 0.25) is 0 Å². The molecular weight excluding hydrogens is 264 g/mol. The van der Waals surface area contributed by atoms with Crippen molar-refractivity contribution < 1.29 is 14.6 Å². The number of aliphatic hydroxyl groups is 1. The van der Waals surface area contributed by atoms with E-state index in [4.69, 9.17) is 21.1 Å². The summed E-state index contributed by atoms with van der Waals surface area (Å²) in [5.74, 6) is 1.34. The minimum absolute atomic E-state index is 0.528. The summed E-state index contributed by atoms with van der Waals surface area (Å²) in [5, 5.41) is 10.8. The maximum Gasteiger partial charge on any atom is 0.162 e. The van der Waals surface area contributed by atoms with Gasteiger partial charge in [0, 0.05) is 11.6 Å². The second-order valence-corrected chi connectivity index (χ2v) is 5.29. The fourth-order valence-electron chi connectivity index (χ4n) is 2.26. The highest BCUT2D eigenvalue weighted by Gasteiger charge is 2.19. The second-order valence-electron chi connectivity index (χ2n) is 4.88. The lowest BCUT2D eigenvalue weighted by Crippen LogP contribution is -2.16. The van der Waals surface area contributed by atoms with E-state index in [1.54, 1.807) is 12.1 Å². The van der Waals surface area contributed by atoms with Crippen LogP contribution in [0.15, 0.2) is 12.1 Å². The van der Waals surface area contributed by atoms with Crippen molar-refractivity contribution in [1.29, 1.82) is 0 Å². The van der Waals surface area contributed by atoms with Gasteiger partial charge in [0.25, 0.3) is 0 Å². The topological polar surface area (TPSA) is 38.7 Å². The van der Waals surface area contributed by atoms with Crippen LogP contribution < -0.4 is 9.47 Å². The maximum absolute atomic E-state index is 10.2. The van der Waals surface area contributed by atoms with E-state index in [0.29, 0.717) is 29.7 Å². The van der Waals surface area contributed by atoms with Gasteiger partial charge >= 0.3 is 0 Å². The molecule has 0 saturated carbocycles. The lowest BCUT2D eigenvalue weighted by molar-refractivity contribution is 0.157. The summed E-state index contributed by atoms with van der Waals surface area (Å²) in [6.07, 6.45) is 4.78. The molecule has 1 N–H and O–H groups in total. The number of ether oxygens (including phenoxy) is 2. The van der Waals surface area contributed by atoms with E-state index in [9.17, 15) is 5.11 Å². The van der Waals surface area contributed by atoms with Crippen molar-refractivity contribution in [2.45, 2.75) is 45.1 Å². The first-order valence-corrected chi connectivity index (χ1v) is 7.37. The summed E-state index contributed by atoms with van der Waals surface area (Å²) in [6.45, 7) is 3.26. The number of hydrogen-bond donors (Lipinski definition) is 1. The molecule has 3 nitrogen and oxygen atoms in total. The zero-order valence-corrected chi connectivity index (χ0v) is 12.1. The van der Waals surface area contributed by atoms with Gasteiger partial charge in [-0.05, 0) is 12.5 Å². The number of benzene rings is 1. The molecule has 0 amide bonds. The summed E-state index contributed by atoms with van der Waals surface area (Å²) in [7, 11) is 0. The van der Waals surface area contributed by atoms with Gasteiger partial charge < -0.3 is 14.6 Å². The Labute approximate surface area is 119 Å². The molecule has 1 aliphatic rings. The molecule has 1 heterocycles. The molecule has 2 rings (SSSR count). The standard InChI is InChI=1S/C15H21ClO3/c1-2-3-4-5-6-13(17)11-9-14-15(10-12(11)16)19-8-7-18-14/h9-10,13,17H,2-8H2,1H3. The third-order valence-corrected chi connectivity index (χ3v) is 3.68. The number of hydrogen-bond acceptors (Lipinski definition) is 3. The first-order valence-electron chi connectivity index (χ1n) is 6.99. The third-order valence-electron chi connectivity index (χ3n) is 3.35. The molecule has 1 aliphatic heterocycles. The average molecular weight is 285 g/mol. The van der Waals surface area contributed by atoms with Crippen molar-refractivity contribution in [3.8, 4) is 11.5 Å². The number of aliphatic hydroxyl groups excluding tert-OH is 1. The van der Waals surface area contributed by atoms with Crippen molar-refractivity contribution in [3.05, 3.63) is 22.7 Å². The number of unbranched alkanes of at least 4 members (excludes halogenated alkanes) is 3. The largest absolute Gasteiger partial charge is 0.486 e. The lowest BCUT2D eigenvalue weighted by atomic mass is 10.0. The Morgan fingerprint density at radius 2 is 1.84 bits per heavy atom. The van der Waals surface area contributed by atoms with Crippen LogP contribution in [0.4, 0.5) is 0 Å². The van der Waals surface area contributed by atoms with Crippen LogP contribution in [-0.4, -0.2) is 18.3 Å². The molecule has 19 heavy (non-hydrogen) atoms. The molecule has 0 saturated heterocycles. The van der Waals surface area contributed by atoms with Crippen LogP contribution in [0.3, 0.4) is 0 Å². The summed E-state index contributed by atoms with van der Waals surface area (Å²) in [4.78, 5) is 0. The van der Waals surface area contributed by atoms with Crippen molar-refractivity contribution in [3.63, 3.8) is 0 Å². The van der Waals surface area contributed by atoms with Crippen molar-refractivity contribution in [2.75, 3.05) is 13.2 Å². The first-order chi connectivity index (χ1) is 9.22. The normalized spacial score (nSPS) is 15.3. The van der Waals surface area contributed by atoms with E-state index in [1.165, 1.54) is 12.8 Å². The van der Waals surface area contributed by atoms with E-state index >= 15 is 0 Å². The first kappa shape index (κ1) is 14.5. The highest BCUT2D eigenvalue weighted by molar-refractivity contribution is 6.31. The van der Waals surface area contributed by atoms with Gasteiger partial charge in [-0.1, -0.05) is 44.2 Å². The van der Waals surface area contributed by atoms with E-state index < -0.39 is 6.10 Å². The molecule has 1 aromatic carbocycles. The van der Waals surface area contributed by atoms with Gasteiger partial charge in [-0.15, -0.1) is 0 Å². The molecule has 0 radical (unpaired) electrons. The quantitative estimate of drug-likeness (QED) is 0.799.